The first kappa shape index (κ1) is 23.4. The van der Waals surface area contributed by atoms with Gasteiger partial charge in [0.2, 0.25) is 5.78 Å². The van der Waals surface area contributed by atoms with E-state index in [1.807, 2.05) is 6.07 Å². The van der Waals surface area contributed by atoms with Gasteiger partial charge in [-0.1, -0.05) is 50.0 Å². The summed E-state index contributed by atoms with van der Waals surface area (Å²) in [6, 6.07) is 9.74. The zero-order valence-corrected chi connectivity index (χ0v) is 18.3. The van der Waals surface area contributed by atoms with Gasteiger partial charge in [0, 0.05) is 22.3 Å². The normalized spacial score (nSPS) is 12.9. The smallest absolute Gasteiger partial charge is 0.408 e. The number of rotatable bonds is 10. The van der Waals surface area contributed by atoms with E-state index in [-0.39, 0.29) is 13.2 Å². The number of esters is 1. The van der Waals surface area contributed by atoms with Crippen LogP contribution in [-0.2, 0) is 34.5 Å². The second-order valence-corrected chi connectivity index (χ2v) is 14.9. The van der Waals surface area contributed by atoms with Gasteiger partial charge in [-0.15, -0.1) is 0 Å². The third-order valence-electron chi connectivity index (χ3n) is 3.61. The van der Waals surface area contributed by atoms with E-state index in [1.54, 1.807) is 24.3 Å². The number of benzene rings is 1. The molecule has 0 aliphatic rings. The number of nitrogens with one attached hydrogen (secondary N) is 1. The highest BCUT2D eigenvalue weighted by Gasteiger charge is 2.43. The van der Waals surface area contributed by atoms with Crippen LogP contribution in [0.4, 0.5) is 4.79 Å². The summed E-state index contributed by atoms with van der Waals surface area (Å²) < 4.78 is 32.6. The van der Waals surface area contributed by atoms with Crippen LogP contribution in [0.2, 0.25) is 25.7 Å². The zero-order chi connectivity index (χ0) is 20.5. The van der Waals surface area contributed by atoms with E-state index >= 15 is 0 Å². The lowest BCUT2D eigenvalue weighted by molar-refractivity contribution is -0.143. The number of ether oxygens (including phenoxy) is 2. The van der Waals surface area contributed by atoms with Crippen LogP contribution in [0.3, 0.4) is 0 Å². The first-order valence-electron chi connectivity index (χ1n) is 8.46. The Morgan fingerprint density at radius 3 is 2.19 bits per heavy atom. The van der Waals surface area contributed by atoms with Crippen LogP contribution >= 0.6 is 7.60 Å². The first-order valence-corrected chi connectivity index (χ1v) is 13.8. The molecular weight excluding hydrogens is 389 g/mol. The van der Waals surface area contributed by atoms with E-state index in [2.05, 4.69) is 25.0 Å². The third-order valence-corrected chi connectivity index (χ3v) is 7.31. The molecule has 0 aromatic heterocycles. The molecule has 0 saturated carbocycles. The van der Waals surface area contributed by atoms with Crippen LogP contribution in [0, 0.1) is 0 Å². The maximum Gasteiger partial charge on any atom is 0.408 e. The fourth-order valence-corrected chi connectivity index (χ4v) is 3.85. The number of hydrogen-bond acceptors (Lipinski definition) is 7. The molecule has 152 valence electrons. The maximum atomic E-state index is 12.7. The first-order chi connectivity index (χ1) is 12.6. The van der Waals surface area contributed by atoms with Crippen LogP contribution < -0.4 is 5.32 Å². The predicted octanol–water partition coefficient (Wildman–Crippen LogP) is 3.61. The molecule has 1 rings (SSSR count). The van der Waals surface area contributed by atoms with Gasteiger partial charge in [0.1, 0.15) is 6.61 Å². The molecule has 1 aromatic rings. The van der Waals surface area contributed by atoms with Crippen molar-refractivity contribution in [2.45, 2.75) is 38.1 Å². The van der Waals surface area contributed by atoms with Gasteiger partial charge in [0.25, 0.3) is 0 Å². The predicted molar refractivity (Wildman–Crippen MR) is 104 cm³/mol. The van der Waals surface area contributed by atoms with Crippen LogP contribution in [0.25, 0.3) is 0 Å². The minimum absolute atomic E-state index is 0.00562. The van der Waals surface area contributed by atoms with Crippen molar-refractivity contribution in [3.63, 3.8) is 0 Å². The number of hydrogen-bond donors (Lipinski definition) is 1. The maximum absolute atomic E-state index is 12.7. The Morgan fingerprint density at radius 1 is 1.07 bits per heavy atom. The van der Waals surface area contributed by atoms with Crippen molar-refractivity contribution in [1.82, 2.24) is 5.32 Å². The summed E-state index contributed by atoms with van der Waals surface area (Å²) >= 11 is 0. The second kappa shape index (κ2) is 10.6. The Bertz CT molecular complexity index is 655. The lowest BCUT2D eigenvalue weighted by Gasteiger charge is -2.24. The summed E-state index contributed by atoms with van der Waals surface area (Å²) in [5, 5.41) is 2.24. The van der Waals surface area contributed by atoms with Crippen molar-refractivity contribution in [2.75, 3.05) is 20.8 Å². The van der Waals surface area contributed by atoms with Crippen LogP contribution in [0.5, 0.6) is 0 Å². The molecule has 27 heavy (non-hydrogen) atoms. The molecule has 1 atom stereocenters. The van der Waals surface area contributed by atoms with E-state index in [0.29, 0.717) is 0 Å². The lowest BCUT2D eigenvalue weighted by atomic mass is 10.2. The van der Waals surface area contributed by atoms with Crippen molar-refractivity contribution in [3.8, 4) is 0 Å². The minimum Gasteiger partial charge on any atom is -0.464 e. The van der Waals surface area contributed by atoms with Crippen LogP contribution in [0.1, 0.15) is 5.56 Å². The monoisotopic (exact) mass is 417 g/mol. The van der Waals surface area contributed by atoms with Crippen molar-refractivity contribution >= 4 is 27.7 Å². The highest BCUT2D eigenvalue weighted by atomic mass is 31.2. The van der Waals surface area contributed by atoms with Gasteiger partial charge in [0.15, 0.2) is 0 Å². The molecule has 1 unspecified atom stereocenters. The van der Waals surface area contributed by atoms with Gasteiger partial charge in [-0.3, -0.25) is 9.88 Å². The Labute approximate surface area is 161 Å². The van der Waals surface area contributed by atoms with Gasteiger partial charge in [0.05, 0.1) is 6.61 Å². The van der Waals surface area contributed by atoms with E-state index in [0.717, 1.165) is 25.8 Å². The van der Waals surface area contributed by atoms with Crippen LogP contribution in [0.15, 0.2) is 30.3 Å². The SMILES string of the molecule is COP(=O)(OC)C(NC(=O)OCc1ccccc1)C(=O)OCC[Si](C)(C)C. The topological polar surface area (TPSA) is 100 Å². The molecule has 0 radical (unpaired) electrons. The number of carbonyl (C=O) groups is 2. The van der Waals surface area contributed by atoms with E-state index < -0.39 is 33.5 Å². The molecule has 0 heterocycles. The second-order valence-electron chi connectivity index (χ2n) is 6.99. The number of amides is 1. The largest absolute Gasteiger partial charge is 0.464 e. The molecule has 0 fully saturated rings. The standard InChI is InChI=1S/C17H28NO7PSi/c1-22-26(21,23-2)15(16(19)24-11-12-27(3,4)5)18-17(20)25-13-14-9-7-6-8-10-14/h6-10,15H,11-13H2,1-5H3,(H,18,20). The average molecular weight is 417 g/mol. The summed E-state index contributed by atoms with van der Waals surface area (Å²) in [7, 11) is -3.12. The zero-order valence-electron chi connectivity index (χ0n) is 16.4. The molecular formula is C17H28NO7PSi. The summed E-state index contributed by atoms with van der Waals surface area (Å²) in [6.07, 6.45) is -0.930. The molecule has 10 heteroatoms. The number of alkyl carbamates (subject to hydrolysis) is 1. The van der Waals surface area contributed by atoms with E-state index in [9.17, 15) is 14.2 Å². The van der Waals surface area contributed by atoms with Gasteiger partial charge in [-0.2, -0.15) is 0 Å². The third kappa shape index (κ3) is 8.26. The number of carbonyl (C=O) groups excluding carboxylic acids is 2. The van der Waals surface area contributed by atoms with Gasteiger partial charge < -0.3 is 18.5 Å². The molecule has 1 N–H and O–H groups in total. The minimum atomic E-state index is -3.95. The van der Waals surface area contributed by atoms with Crippen molar-refractivity contribution < 1.29 is 32.7 Å². The van der Waals surface area contributed by atoms with Crippen molar-refractivity contribution in [1.29, 1.82) is 0 Å². The van der Waals surface area contributed by atoms with E-state index in [4.69, 9.17) is 18.5 Å². The summed E-state index contributed by atoms with van der Waals surface area (Å²) in [6.45, 7) is 6.56. The average Bonchev–Trinajstić information content (AvgIpc) is 2.63. The highest BCUT2D eigenvalue weighted by molar-refractivity contribution is 7.55. The van der Waals surface area contributed by atoms with Gasteiger partial charge in [-0.05, 0) is 11.6 Å². The Kier molecular flexibility index (Phi) is 9.18. The molecule has 1 amide bonds. The fraction of sp³-hybridized carbons (Fsp3) is 0.529. The molecule has 0 spiro atoms. The quantitative estimate of drug-likeness (QED) is 0.353. The summed E-state index contributed by atoms with van der Waals surface area (Å²) in [5.74, 6) is -2.51. The van der Waals surface area contributed by atoms with E-state index in [1.165, 1.54) is 0 Å². The summed E-state index contributed by atoms with van der Waals surface area (Å²) in [4.78, 5) is 24.5. The fourth-order valence-electron chi connectivity index (χ4n) is 1.97. The van der Waals surface area contributed by atoms with Crippen LogP contribution in [-0.4, -0.2) is 46.7 Å². The van der Waals surface area contributed by atoms with Crippen molar-refractivity contribution in [2.24, 2.45) is 0 Å². The molecule has 8 nitrogen and oxygen atoms in total. The summed E-state index contributed by atoms with van der Waals surface area (Å²) in [5.41, 5.74) is 0.767. The van der Waals surface area contributed by atoms with Gasteiger partial charge >= 0.3 is 19.7 Å². The lowest BCUT2D eigenvalue weighted by Crippen LogP contribution is -2.42. The molecule has 0 aliphatic heterocycles. The van der Waals surface area contributed by atoms with Gasteiger partial charge in [-0.25, -0.2) is 9.59 Å². The molecule has 0 bridgehead atoms. The Morgan fingerprint density at radius 2 is 1.67 bits per heavy atom. The molecule has 0 aliphatic carbocycles. The molecule has 0 saturated heterocycles. The molecule has 1 aromatic carbocycles. The Balaban J connectivity index is 2.75. The highest BCUT2D eigenvalue weighted by Crippen LogP contribution is 2.50. The van der Waals surface area contributed by atoms with Crippen molar-refractivity contribution in [3.05, 3.63) is 35.9 Å². The Hall–Kier alpha value is -1.67.